The van der Waals surface area contributed by atoms with Gasteiger partial charge in [-0.2, -0.15) is 9.97 Å². The van der Waals surface area contributed by atoms with Crippen molar-refractivity contribution in [1.82, 2.24) is 19.9 Å². The number of hydrogen-bond acceptors (Lipinski definition) is 10. The molecule has 0 unspecified atom stereocenters. The molecule has 0 atom stereocenters. The van der Waals surface area contributed by atoms with Gasteiger partial charge < -0.3 is 24.1 Å². The fourth-order valence-corrected chi connectivity index (χ4v) is 4.25. The van der Waals surface area contributed by atoms with Crippen LogP contribution in [0, 0.1) is 11.6 Å². The lowest BCUT2D eigenvalue weighted by Gasteiger charge is -2.18. The molecular weight excluding hydrogens is 750 g/mol. The quantitative estimate of drug-likeness (QED) is 0.103. The molecule has 4 aromatic rings. The number of nitrogens with zero attached hydrogens (tertiary/aromatic N) is 4. The average molecular weight is 774 g/mol. The third-order valence-corrected chi connectivity index (χ3v) is 5.97. The molecule has 0 aliphatic carbocycles. The van der Waals surface area contributed by atoms with Gasteiger partial charge >= 0.3 is 6.16 Å². The first-order valence-electron chi connectivity index (χ1n) is 12.7. The maximum Gasteiger partial charge on any atom is 0.508 e. The Balaban J connectivity index is 0.000000257. The van der Waals surface area contributed by atoms with Crippen LogP contribution in [0.2, 0.25) is 0 Å². The molecule has 2 aromatic carbocycles. The monoisotopic (exact) mass is 772 g/mol. The summed E-state index contributed by atoms with van der Waals surface area (Å²) in [6.45, 7) is 4.18. The highest BCUT2D eigenvalue weighted by Crippen LogP contribution is 2.32. The maximum atomic E-state index is 14.0. The minimum atomic E-state index is -3.00. The van der Waals surface area contributed by atoms with Gasteiger partial charge in [-0.1, -0.05) is 31.9 Å². The molecule has 0 saturated carbocycles. The van der Waals surface area contributed by atoms with Crippen LogP contribution >= 0.6 is 31.9 Å². The standard InChI is InChI=1S/C16H16BrF3N2O4.C11H8BrF3N2O2/c1-16(2,3)26-15(23)25-5-4-24-14-9-6-8(17)7-10(18)11(9)21-13(22-14)12(19)20;12-5-3-6-8(7(13)4-5)16-10(9(14)15)17-11(6)19-2-1-18/h6-7,12H,4-5H2,1-3H3;3-4,9,18H,1-2H2. The Hall–Kier alpha value is -3.51. The first-order chi connectivity index (χ1) is 21.1. The Bertz CT molecular complexity index is 1660. The van der Waals surface area contributed by atoms with Gasteiger partial charge in [-0.05, 0) is 45.0 Å². The first kappa shape index (κ1) is 36.0. The SMILES string of the molecule is CC(C)(C)OC(=O)OCCOc1nc(C(F)F)nc2c(F)cc(Br)cc12.OCCOc1nc(C(F)F)nc2c(F)cc(Br)cc12. The molecule has 45 heavy (non-hydrogen) atoms. The summed E-state index contributed by atoms with van der Waals surface area (Å²) in [4.78, 5) is 25.6. The molecule has 4 rings (SSSR count). The number of rotatable bonds is 9. The predicted molar refractivity (Wildman–Crippen MR) is 155 cm³/mol. The summed E-state index contributed by atoms with van der Waals surface area (Å²) < 4.78 is 99.8. The van der Waals surface area contributed by atoms with E-state index in [4.69, 9.17) is 24.1 Å². The molecule has 0 spiro atoms. The van der Waals surface area contributed by atoms with Crippen molar-refractivity contribution < 1.29 is 55.2 Å². The summed E-state index contributed by atoms with van der Waals surface area (Å²) in [7, 11) is 0. The Labute approximate surface area is 268 Å². The second-order valence-electron chi connectivity index (χ2n) is 9.68. The van der Waals surface area contributed by atoms with Crippen molar-refractivity contribution >= 4 is 59.8 Å². The van der Waals surface area contributed by atoms with Crippen molar-refractivity contribution in [3.05, 3.63) is 56.5 Å². The summed E-state index contributed by atoms with van der Waals surface area (Å²) >= 11 is 6.19. The molecule has 0 fully saturated rings. The van der Waals surface area contributed by atoms with E-state index in [0.29, 0.717) is 8.95 Å². The van der Waals surface area contributed by atoms with Crippen LogP contribution < -0.4 is 9.47 Å². The zero-order chi connectivity index (χ0) is 33.5. The molecule has 2 aromatic heterocycles. The van der Waals surface area contributed by atoms with E-state index in [-0.39, 0.29) is 60.0 Å². The van der Waals surface area contributed by atoms with Crippen LogP contribution in [0.15, 0.2) is 33.2 Å². The number of fused-ring (bicyclic) bond motifs is 2. The number of carbonyl (C=O) groups excluding carboxylic acids is 1. The number of aromatic nitrogens is 4. The minimum Gasteiger partial charge on any atom is -0.475 e. The van der Waals surface area contributed by atoms with E-state index in [9.17, 15) is 31.1 Å². The molecule has 0 saturated heterocycles. The predicted octanol–water partition coefficient (Wildman–Crippen LogP) is 7.64. The van der Waals surface area contributed by atoms with E-state index < -0.39 is 47.9 Å². The van der Waals surface area contributed by atoms with E-state index in [2.05, 4.69) is 51.8 Å². The summed E-state index contributed by atoms with van der Waals surface area (Å²) in [6.07, 6.45) is -6.83. The van der Waals surface area contributed by atoms with Crippen molar-refractivity contribution in [2.45, 2.75) is 39.2 Å². The molecule has 0 radical (unpaired) electrons. The van der Waals surface area contributed by atoms with E-state index in [0.717, 1.165) is 12.1 Å². The van der Waals surface area contributed by atoms with Crippen LogP contribution in [0.5, 0.6) is 11.8 Å². The third kappa shape index (κ3) is 10.3. The summed E-state index contributed by atoms with van der Waals surface area (Å²) in [5.74, 6) is -3.66. The van der Waals surface area contributed by atoms with E-state index >= 15 is 0 Å². The van der Waals surface area contributed by atoms with Gasteiger partial charge in [0.15, 0.2) is 23.3 Å². The number of alkyl halides is 4. The normalized spacial score (nSPS) is 11.5. The second kappa shape index (κ2) is 15.7. The van der Waals surface area contributed by atoms with Crippen molar-refractivity contribution in [1.29, 1.82) is 0 Å². The highest BCUT2D eigenvalue weighted by Gasteiger charge is 2.21. The number of halogens is 8. The number of benzene rings is 2. The Kier molecular flexibility index (Phi) is 12.5. The van der Waals surface area contributed by atoms with Gasteiger partial charge in [-0.15, -0.1) is 0 Å². The number of ether oxygens (including phenoxy) is 4. The molecule has 0 aliphatic heterocycles. The average Bonchev–Trinajstić information content (AvgIpc) is 2.93. The largest absolute Gasteiger partial charge is 0.508 e. The fourth-order valence-electron chi connectivity index (χ4n) is 3.39. The van der Waals surface area contributed by atoms with Gasteiger partial charge in [-0.25, -0.2) is 41.1 Å². The highest BCUT2D eigenvalue weighted by atomic mass is 79.9. The lowest BCUT2D eigenvalue weighted by Crippen LogP contribution is -2.25. The van der Waals surface area contributed by atoms with Crippen LogP contribution in [-0.4, -0.2) is 63.2 Å². The topological polar surface area (TPSA) is 126 Å². The van der Waals surface area contributed by atoms with Crippen LogP contribution in [0.25, 0.3) is 21.8 Å². The molecular formula is C27H24Br2F6N4O6. The Morgan fingerprint density at radius 1 is 0.778 bits per heavy atom. The van der Waals surface area contributed by atoms with Gasteiger partial charge in [0.05, 0.1) is 17.4 Å². The number of aliphatic hydroxyl groups is 1. The van der Waals surface area contributed by atoms with Crippen molar-refractivity contribution in [3.63, 3.8) is 0 Å². The molecule has 18 heteroatoms. The van der Waals surface area contributed by atoms with Crippen LogP contribution in [0.1, 0.15) is 45.3 Å². The molecule has 2 heterocycles. The van der Waals surface area contributed by atoms with Crippen LogP contribution in [-0.2, 0) is 9.47 Å². The molecule has 0 amide bonds. The van der Waals surface area contributed by atoms with Gasteiger partial charge in [0.2, 0.25) is 11.8 Å². The van der Waals surface area contributed by atoms with Gasteiger partial charge in [0, 0.05) is 8.95 Å². The van der Waals surface area contributed by atoms with E-state index in [1.165, 1.54) is 12.1 Å². The first-order valence-corrected chi connectivity index (χ1v) is 14.3. The molecule has 244 valence electrons. The summed E-state index contributed by atoms with van der Waals surface area (Å²) in [5, 5.41) is 8.95. The van der Waals surface area contributed by atoms with E-state index in [1.54, 1.807) is 20.8 Å². The van der Waals surface area contributed by atoms with Crippen molar-refractivity contribution in [3.8, 4) is 11.8 Å². The summed E-state index contributed by atoms with van der Waals surface area (Å²) in [5.41, 5.74) is -1.25. The van der Waals surface area contributed by atoms with Crippen molar-refractivity contribution in [2.75, 3.05) is 26.4 Å². The zero-order valence-corrected chi connectivity index (χ0v) is 26.8. The molecule has 0 bridgehead atoms. The lowest BCUT2D eigenvalue weighted by atomic mass is 10.2. The van der Waals surface area contributed by atoms with Crippen LogP contribution in [0.3, 0.4) is 0 Å². The molecule has 0 aliphatic rings. The molecule has 10 nitrogen and oxygen atoms in total. The number of carbonyl (C=O) groups is 1. The third-order valence-electron chi connectivity index (χ3n) is 5.05. The van der Waals surface area contributed by atoms with Crippen molar-refractivity contribution in [2.24, 2.45) is 0 Å². The summed E-state index contributed by atoms with van der Waals surface area (Å²) in [6, 6.07) is 5.11. The number of aliphatic hydroxyl groups excluding tert-OH is 1. The number of hydrogen-bond donors (Lipinski definition) is 1. The minimum absolute atomic E-state index is 0.110. The maximum absolute atomic E-state index is 14.0. The van der Waals surface area contributed by atoms with E-state index in [1.807, 2.05) is 0 Å². The Morgan fingerprint density at radius 3 is 1.62 bits per heavy atom. The van der Waals surface area contributed by atoms with Crippen LogP contribution in [0.4, 0.5) is 31.1 Å². The smallest absolute Gasteiger partial charge is 0.475 e. The zero-order valence-electron chi connectivity index (χ0n) is 23.6. The second-order valence-corrected chi connectivity index (χ2v) is 11.5. The lowest BCUT2D eigenvalue weighted by molar-refractivity contribution is -0.0115. The van der Waals surface area contributed by atoms with Gasteiger partial charge in [0.1, 0.15) is 36.5 Å². The van der Waals surface area contributed by atoms with Gasteiger partial charge in [0.25, 0.3) is 12.9 Å². The fraction of sp³-hybridized carbons (Fsp3) is 0.370. The molecule has 1 N–H and O–H groups in total. The highest BCUT2D eigenvalue weighted by molar-refractivity contribution is 9.10. The Morgan fingerprint density at radius 2 is 1.22 bits per heavy atom. The van der Waals surface area contributed by atoms with Gasteiger partial charge in [-0.3, -0.25) is 0 Å².